The molecule has 1 N–H and O–H groups in total. The van der Waals surface area contributed by atoms with E-state index in [1.54, 1.807) is 0 Å². The lowest BCUT2D eigenvalue weighted by Crippen LogP contribution is -2.31. The summed E-state index contributed by atoms with van der Waals surface area (Å²) in [5.41, 5.74) is -5.72. The fourth-order valence-corrected chi connectivity index (χ4v) is 5.91. The second-order valence-corrected chi connectivity index (χ2v) is 11.3. The summed E-state index contributed by atoms with van der Waals surface area (Å²) in [4.78, 5) is 23.3. The molecular formula is C21H13Br2Cl2F3N2O5S. The lowest BCUT2D eigenvalue weighted by Gasteiger charge is -2.14. The average molecular weight is 693 g/mol. The highest BCUT2D eigenvalue weighted by Gasteiger charge is 2.50. The normalized spacial score (nSPS) is 11.9. The quantitative estimate of drug-likeness (QED) is 0.297. The van der Waals surface area contributed by atoms with Gasteiger partial charge in [-0.15, -0.1) is 0 Å². The van der Waals surface area contributed by atoms with Crippen LogP contribution in [-0.2, 0) is 26.1 Å². The second kappa shape index (κ2) is 11.1. The number of aromatic nitrogens is 1. The Balaban J connectivity index is 1.89. The van der Waals surface area contributed by atoms with Gasteiger partial charge in [-0.25, -0.2) is 8.42 Å². The Labute approximate surface area is 229 Å². The molecule has 1 amide bonds. The van der Waals surface area contributed by atoms with Crippen LogP contribution in [0.25, 0.3) is 11.3 Å². The van der Waals surface area contributed by atoms with E-state index in [-0.39, 0.29) is 20.8 Å². The first-order valence-corrected chi connectivity index (χ1v) is 13.4. The fourth-order valence-electron chi connectivity index (χ4n) is 2.96. The van der Waals surface area contributed by atoms with Crippen LogP contribution in [0.15, 0.2) is 62.5 Å². The molecule has 36 heavy (non-hydrogen) atoms. The minimum absolute atomic E-state index is 0.0562. The standard InChI is InChI=1S/C21H13Br2Cl2F3N2O5S/c22-16-18(36(33,34)21(26,27)28)17(11-1-5-13(24)6-2-11)30(19(16)23)10-35-15(31)9-29-20(32)12-3-7-14(25)8-4-12/h1-8H,9-10H2,(H,29,32). The molecule has 0 aliphatic rings. The molecule has 192 valence electrons. The molecule has 0 bridgehead atoms. The van der Waals surface area contributed by atoms with Crippen molar-refractivity contribution in [1.29, 1.82) is 0 Å². The van der Waals surface area contributed by atoms with Crippen LogP contribution >= 0.6 is 55.1 Å². The van der Waals surface area contributed by atoms with Crippen LogP contribution in [0.2, 0.25) is 10.0 Å². The number of benzene rings is 2. The number of sulfone groups is 1. The van der Waals surface area contributed by atoms with Gasteiger partial charge in [0.1, 0.15) is 16.0 Å². The van der Waals surface area contributed by atoms with Crippen LogP contribution < -0.4 is 5.32 Å². The van der Waals surface area contributed by atoms with Crippen molar-refractivity contribution in [2.24, 2.45) is 0 Å². The zero-order valence-electron chi connectivity index (χ0n) is 17.6. The second-order valence-electron chi connectivity index (χ2n) is 7.00. The van der Waals surface area contributed by atoms with E-state index in [1.165, 1.54) is 48.5 Å². The SMILES string of the molecule is O=C(CNC(=O)c1ccc(Cl)cc1)OCn1c(Br)c(Br)c(S(=O)(=O)C(F)(F)F)c1-c1ccc(Cl)cc1. The first kappa shape index (κ1) is 28.5. The molecule has 3 rings (SSSR count). The molecule has 0 unspecified atom stereocenters. The lowest BCUT2D eigenvalue weighted by atomic mass is 10.1. The Hall–Kier alpha value is -2.06. The molecule has 15 heteroatoms. The number of carbonyl (C=O) groups is 2. The lowest BCUT2D eigenvalue weighted by molar-refractivity contribution is -0.146. The van der Waals surface area contributed by atoms with Gasteiger partial charge in [0.25, 0.3) is 15.7 Å². The topological polar surface area (TPSA) is 94.5 Å². The van der Waals surface area contributed by atoms with E-state index in [4.69, 9.17) is 27.9 Å². The first-order valence-electron chi connectivity index (χ1n) is 9.58. The molecule has 1 aromatic heterocycles. The Morgan fingerprint density at radius 1 is 0.972 bits per heavy atom. The number of nitrogens with zero attached hydrogens (tertiary/aromatic N) is 1. The predicted molar refractivity (Wildman–Crippen MR) is 133 cm³/mol. The molecule has 3 aromatic rings. The minimum atomic E-state index is -5.83. The van der Waals surface area contributed by atoms with E-state index in [2.05, 4.69) is 37.2 Å². The molecule has 0 saturated carbocycles. The third kappa shape index (κ3) is 6.08. The highest BCUT2D eigenvalue weighted by Crippen LogP contribution is 2.45. The maximum Gasteiger partial charge on any atom is 0.502 e. The maximum atomic E-state index is 13.5. The number of nitrogens with one attached hydrogen (secondary N) is 1. The van der Waals surface area contributed by atoms with Gasteiger partial charge in [0.05, 0.1) is 10.2 Å². The summed E-state index contributed by atoms with van der Waals surface area (Å²) in [6.45, 7) is -1.24. The largest absolute Gasteiger partial charge is 0.502 e. The summed E-state index contributed by atoms with van der Waals surface area (Å²) in [5.74, 6) is -1.52. The van der Waals surface area contributed by atoms with E-state index in [1.807, 2.05) is 0 Å². The van der Waals surface area contributed by atoms with E-state index in [0.29, 0.717) is 5.02 Å². The molecule has 0 aliphatic carbocycles. The Morgan fingerprint density at radius 2 is 1.50 bits per heavy atom. The van der Waals surface area contributed by atoms with Crippen molar-refractivity contribution in [2.75, 3.05) is 6.54 Å². The molecule has 0 radical (unpaired) electrons. The van der Waals surface area contributed by atoms with Gasteiger partial charge in [-0.2, -0.15) is 13.2 Å². The molecule has 2 aromatic carbocycles. The number of amides is 1. The van der Waals surface area contributed by atoms with E-state index >= 15 is 0 Å². The van der Waals surface area contributed by atoms with E-state index in [9.17, 15) is 31.2 Å². The molecule has 0 saturated heterocycles. The number of rotatable bonds is 7. The van der Waals surface area contributed by atoms with Crippen molar-refractivity contribution < 1.29 is 35.9 Å². The van der Waals surface area contributed by atoms with Crippen molar-refractivity contribution in [3.63, 3.8) is 0 Å². The molecule has 1 heterocycles. The van der Waals surface area contributed by atoms with Crippen molar-refractivity contribution in [1.82, 2.24) is 9.88 Å². The van der Waals surface area contributed by atoms with Crippen molar-refractivity contribution in [3.05, 3.63) is 73.2 Å². The van der Waals surface area contributed by atoms with Crippen molar-refractivity contribution in [2.45, 2.75) is 17.1 Å². The highest BCUT2D eigenvalue weighted by molar-refractivity contribution is 9.13. The van der Waals surface area contributed by atoms with E-state index in [0.717, 1.165) is 4.57 Å². The number of ether oxygens (including phenoxy) is 1. The number of halogens is 7. The highest BCUT2D eigenvalue weighted by atomic mass is 79.9. The Morgan fingerprint density at radius 3 is 2.03 bits per heavy atom. The monoisotopic (exact) mass is 690 g/mol. The number of alkyl halides is 3. The number of hydrogen-bond acceptors (Lipinski definition) is 5. The smallest absolute Gasteiger partial charge is 0.443 e. The van der Waals surface area contributed by atoms with Crippen molar-refractivity contribution >= 4 is 76.8 Å². The van der Waals surface area contributed by atoms with Gasteiger partial charge in [0.2, 0.25) is 0 Å². The maximum absolute atomic E-state index is 13.5. The van der Waals surface area contributed by atoms with E-state index < -0.39 is 55.6 Å². The summed E-state index contributed by atoms with van der Waals surface area (Å²) in [6.07, 6.45) is 0. The zero-order valence-corrected chi connectivity index (χ0v) is 23.1. The van der Waals surface area contributed by atoms with Gasteiger partial charge in [0, 0.05) is 15.6 Å². The third-order valence-electron chi connectivity index (χ3n) is 4.65. The molecule has 0 aliphatic heterocycles. The summed E-state index contributed by atoms with van der Waals surface area (Å²) < 4.78 is 70.8. The van der Waals surface area contributed by atoms with Gasteiger partial charge in [-0.1, -0.05) is 35.3 Å². The Kier molecular flexibility index (Phi) is 8.82. The summed E-state index contributed by atoms with van der Waals surface area (Å²) >= 11 is 17.6. The van der Waals surface area contributed by atoms with Gasteiger partial charge < -0.3 is 10.1 Å². The molecule has 0 atom stereocenters. The van der Waals surface area contributed by atoms with Crippen LogP contribution in [0.5, 0.6) is 0 Å². The van der Waals surface area contributed by atoms with Crippen LogP contribution in [0.4, 0.5) is 13.2 Å². The third-order valence-corrected chi connectivity index (χ3v) is 9.09. The Bertz CT molecular complexity index is 1410. The van der Waals surface area contributed by atoms with Crippen molar-refractivity contribution in [3.8, 4) is 11.3 Å². The van der Waals surface area contributed by atoms with Crippen LogP contribution in [0.3, 0.4) is 0 Å². The van der Waals surface area contributed by atoms with Crippen LogP contribution in [0, 0.1) is 0 Å². The molecule has 0 fully saturated rings. The number of esters is 1. The van der Waals surface area contributed by atoms with Crippen LogP contribution in [0.1, 0.15) is 10.4 Å². The fraction of sp³-hybridized carbons (Fsp3) is 0.143. The number of carbonyl (C=O) groups excluding carboxylic acids is 2. The molecule has 0 spiro atoms. The molecular weight excluding hydrogens is 680 g/mol. The molecule has 7 nitrogen and oxygen atoms in total. The summed E-state index contributed by atoms with van der Waals surface area (Å²) in [5, 5.41) is 3.01. The summed E-state index contributed by atoms with van der Waals surface area (Å²) in [7, 11) is -5.83. The van der Waals surface area contributed by atoms with Gasteiger partial charge >= 0.3 is 11.5 Å². The summed E-state index contributed by atoms with van der Waals surface area (Å²) in [6, 6.07) is 11.2. The van der Waals surface area contributed by atoms with Gasteiger partial charge in [-0.05, 0) is 73.8 Å². The minimum Gasteiger partial charge on any atom is -0.443 e. The number of hydrogen-bond donors (Lipinski definition) is 1. The van der Waals surface area contributed by atoms with Gasteiger partial charge in [0.15, 0.2) is 6.73 Å². The predicted octanol–water partition coefficient (Wildman–Crippen LogP) is 6.21. The van der Waals surface area contributed by atoms with Crippen LogP contribution in [-0.4, -0.2) is 36.9 Å². The first-order chi connectivity index (χ1) is 16.7. The van der Waals surface area contributed by atoms with Gasteiger partial charge in [-0.3, -0.25) is 14.2 Å². The zero-order chi connectivity index (χ0) is 26.8. The average Bonchev–Trinajstić information content (AvgIpc) is 3.06.